The number of hydrogen-bond acceptors (Lipinski definition) is 5. The summed E-state index contributed by atoms with van der Waals surface area (Å²) in [6.45, 7) is 6.02. The molecule has 1 aliphatic heterocycles. The van der Waals surface area contributed by atoms with E-state index in [1.165, 1.54) is 23.2 Å². The number of pyridine rings is 2. The number of amides is 2. The van der Waals surface area contributed by atoms with Crippen LogP contribution < -0.4 is 10.9 Å². The van der Waals surface area contributed by atoms with Crippen LogP contribution in [-0.2, 0) is 4.74 Å². The fraction of sp³-hybridized carbons (Fsp3) is 0.400. The highest BCUT2D eigenvalue weighted by Crippen LogP contribution is 2.18. The van der Waals surface area contributed by atoms with Gasteiger partial charge in [0.15, 0.2) is 11.5 Å². The van der Waals surface area contributed by atoms with Crippen LogP contribution in [0, 0.1) is 5.82 Å². The molecule has 3 heterocycles. The second-order valence-electron chi connectivity index (χ2n) is 7.83. The van der Waals surface area contributed by atoms with Crippen molar-refractivity contribution in [3.8, 4) is 11.3 Å². The summed E-state index contributed by atoms with van der Waals surface area (Å²) >= 11 is 0. The normalized spacial score (nSPS) is 16.6. The maximum absolute atomic E-state index is 14.2. The van der Waals surface area contributed by atoms with Gasteiger partial charge in [0.1, 0.15) is 5.60 Å². The monoisotopic (exact) mass is 402 g/mol. The summed E-state index contributed by atoms with van der Waals surface area (Å²) in [7, 11) is 0. The first-order valence-electron chi connectivity index (χ1n) is 9.27. The van der Waals surface area contributed by atoms with Gasteiger partial charge in [0.05, 0.1) is 11.3 Å². The predicted octanol–water partition coefficient (Wildman–Crippen LogP) is 2.32. The van der Waals surface area contributed by atoms with Gasteiger partial charge in [-0.2, -0.15) is 0 Å². The van der Waals surface area contributed by atoms with Crippen molar-refractivity contribution >= 4 is 12.0 Å². The largest absolute Gasteiger partial charge is 0.444 e. The van der Waals surface area contributed by atoms with Crippen LogP contribution in [0.1, 0.15) is 37.7 Å². The van der Waals surface area contributed by atoms with Gasteiger partial charge >= 0.3 is 6.09 Å². The zero-order valence-electron chi connectivity index (χ0n) is 16.5. The van der Waals surface area contributed by atoms with E-state index in [2.05, 4.69) is 15.3 Å². The SMILES string of the molecule is CC(C)(C)OC(=O)N1CC[C@@H](NC(=O)c2nc(-c3ccc[nH]c3=O)ccc2F)C1. The molecule has 2 aromatic heterocycles. The molecule has 2 N–H and O–H groups in total. The molecule has 29 heavy (non-hydrogen) atoms. The third kappa shape index (κ3) is 4.98. The van der Waals surface area contributed by atoms with Gasteiger partial charge in [-0.25, -0.2) is 14.2 Å². The number of rotatable bonds is 3. The number of H-pyrrole nitrogens is 1. The maximum Gasteiger partial charge on any atom is 0.410 e. The zero-order chi connectivity index (χ0) is 21.2. The molecule has 154 valence electrons. The summed E-state index contributed by atoms with van der Waals surface area (Å²) in [5.74, 6) is -1.49. The number of nitrogens with one attached hydrogen (secondary N) is 2. The molecule has 0 spiro atoms. The third-order valence-electron chi connectivity index (χ3n) is 4.33. The van der Waals surface area contributed by atoms with E-state index in [1.807, 2.05) is 0 Å². The van der Waals surface area contributed by atoms with Crippen molar-refractivity contribution in [2.75, 3.05) is 13.1 Å². The highest BCUT2D eigenvalue weighted by molar-refractivity contribution is 5.93. The second-order valence-corrected chi connectivity index (χ2v) is 7.83. The number of aromatic nitrogens is 2. The fourth-order valence-electron chi connectivity index (χ4n) is 3.00. The third-order valence-corrected chi connectivity index (χ3v) is 4.33. The number of carbonyl (C=O) groups excluding carboxylic acids is 2. The second kappa shape index (κ2) is 8.02. The molecular formula is C20H23FN4O4. The van der Waals surface area contributed by atoms with Crippen molar-refractivity contribution in [3.63, 3.8) is 0 Å². The Kier molecular flexibility index (Phi) is 5.67. The van der Waals surface area contributed by atoms with Crippen LogP contribution in [-0.4, -0.2) is 51.6 Å². The van der Waals surface area contributed by atoms with E-state index in [0.717, 1.165) is 6.07 Å². The van der Waals surface area contributed by atoms with Crippen LogP contribution in [0.2, 0.25) is 0 Å². The Labute approximate surface area is 167 Å². The molecule has 1 saturated heterocycles. The first-order chi connectivity index (χ1) is 13.6. The lowest BCUT2D eigenvalue weighted by molar-refractivity contribution is 0.0290. The molecule has 0 aromatic carbocycles. The number of ether oxygens (including phenoxy) is 1. The van der Waals surface area contributed by atoms with E-state index < -0.39 is 29.1 Å². The van der Waals surface area contributed by atoms with Crippen molar-refractivity contribution in [1.29, 1.82) is 0 Å². The molecule has 2 aromatic rings. The summed E-state index contributed by atoms with van der Waals surface area (Å²) < 4.78 is 19.5. The van der Waals surface area contributed by atoms with Gasteiger partial charge in [0.25, 0.3) is 11.5 Å². The van der Waals surface area contributed by atoms with Crippen molar-refractivity contribution in [2.24, 2.45) is 0 Å². The first kappa shape index (κ1) is 20.5. The minimum absolute atomic E-state index is 0.195. The van der Waals surface area contributed by atoms with Crippen molar-refractivity contribution in [2.45, 2.75) is 38.8 Å². The Balaban J connectivity index is 1.70. The van der Waals surface area contributed by atoms with Gasteiger partial charge in [-0.1, -0.05) is 0 Å². The number of nitrogens with zero attached hydrogens (tertiary/aromatic N) is 2. The molecule has 0 saturated carbocycles. The molecule has 0 radical (unpaired) electrons. The van der Waals surface area contributed by atoms with E-state index in [0.29, 0.717) is 13.0 Å². The lowest BCUT2D eigenvalue weighted by atomic mass is 10.1. The van der Waals surface area contributed by atoms with E-state index >= 15 is 0 Å². The molecule has 3 rings (SSSR count). The summed E-state index contributed by atoms with van der Waals surface area (Å²) in [6.07, 6.45) is 1.54. The average molecular weight is 402 g/mol. The molecule has 1 atom stereocenters. The minimum atomic E-state index is -0.791. The van der Waals surface area contributed by atoms with E-state index in [4.69, 9.17) is 4.74 Å². The van der Waals surface area contributed by atoms with E-state index in [1.54, 1.807) is 26.8 Å². The number of halogens is 1. The van der Waals surface area contributed by atoms with Gasteiger partial charge in [0, 0.05) is 25.3 Å². The van der Waals surface area contributed by atoms with Crippen molar-refractivity contribution < 1.29 is 18.7 Å². The van der Waals surface area contributed by atoms with E-state index in [9.17, 15) is 18.8 Å². The summed E-state index contributed by atoms with van der Waals surface area (Å²) in [4.78, 5) is 44.7. The molecule has 0 bridgehead atoms. The Bertz CT molecular complexity index is 983. The summed E-state index contributed by atoms with van der Waals surface area (Å²) in [6, 6.07) is 5.25. The van der Waals surface area contributed by atoms with Gasteiger partial charge in [-0.15, -0.1) is 0 Å². The van der Waals surface area contributed by atoms with Gasteiger partial charge in [0.2, 0.25) is 0 Å². The van der Waals surface area contributed by atoms with Crippen molar-refractivity contribution in [1.82, 2.24) is 20.2 Å². The Morgan fingerprint density at radius 1 is 1.31 bits per heavy atom. The summed E-state index contributed by atoms with van der Waals surface area (Å²) in [5.41, 5.74) is -0.969. The fourth-order valence-corrected chi connectivity index (χ4v) is 3.00. The lowest BCUT2D eigenvalue weighted by Gasteiger charge is -2.24. The Hall–Kier alpha value is -3.23. The predicted molar refractivity (Wildman–Crippen MR) is 104 cm³/mol. The average Bonchev–Trinajstić information content (AvgIpc) is 3.10. The van der Waals surface area contributed by atoms with Gasteiger partial charge < -0.3 is 19.9 Å². The summed E-state index contributed by atoms with van der Waals surface area (Å²) in [5, 5.41) is 2.70. The molecule has 1 fully saturated rings. The number of carbonyl (C=O) groups is 2. The molecule has 0 unspecified atom stereocenters. The van der Waals surface area contributed by atoms with E-state index in [-0.39, 0.29) is 29.4 Å². The van der Waals surface area contributed by atoms with Crippen LogP contribution in [0.15, 0.2) is 35.3 Å². The van der Waals surface area contributed by atoms with Crippen LogP contribution in [0.5, 0.6) is 0 Å². The maximum atomic E-state index is 14.2. The van der Waals surface area contributed by atoms with Crippen molar-refractivity contribution in [3.05, 3.63) is 52.3 Å². The molecular weight excluding hydrogens is 379 g/mol. The standard InChI is InChI=1S/C20H23FN4O4/c1-20(2,3)29-19(28)25-10-8-12(11-25)23-18(27)16-14(21)6-7-15(24-16)13-5-4-9-22-17(13)26/h4-7,9,12H,8,10-11H2,1-3H3,(H,22,26)(H,23,27)/t12-/m1/s1. The van der Waals surface area contributed by atoms with Crippen LogP contribution >= 0.6 is 0 Å². The number of likely N-dealkylation sites (tertiary alicyclic amines) is 1. The molecule has 2 amide bonds. The topological polar surface area (TPSA) is 104 Å². The molecule has 1 aliphatic rings. The number of aromatic amines is 1. The first-order valence-corrected chi connectivity index (χ1v) is 9.27. The molecule has 9 heteroatoms. The lowest BCUT2D eigenvalue weighted by Crippen LogP contribution is -2.40. The van der Waals surface area contributed by atoms with Crippen LogP contribution in [0.4, 0.5) is 9.18 Å². The Morgan fingerprint density at radius 3 is 2.76 bits per heavy atom. The van der Waals surface area contributed by atoms with Crippen LogP contribution in [0.25, 0.3) is 11.3 Å². The van der Waals surface area contributed by atoms with Gasteiger partial charge in [-0.3, -0.25) is 9.59 Å². The zero-order valence-corrected chi connectivity index (χ0v) is 16.5. The van der Waals surface area contributed by atoms with Crippen LogP contribution in [0.3, 0.4) is 0 Å². The smallest absolute Gasteiger partial charge is 0.410 e. The molecule has 0 aliphatic carbocycles. The quantitative estimate of drug-likeness (QED) is 0.820. The highest BCUT2D eigenvalue weighted by atomic mass is 19.1. The highest BCUT2D eigenvalue weighted by Gasteiger charge is 2.31. The minimum Gasteiger partial charge on any atom is -0.444 e. The van der Waals surface area contributed by atoms with Gasteiger partial charge in [-0.05, 0) is 51.5 Å². The number of hydrogen-bond donors (Lipinski definition) is 2. The molecule has 8 nitrogen and oxygen atoms in total. The Morgan fingerprint density at radius 2 is 2.07 bits per heavy atom.